The van der Waals surface area contributed by atoms with Crippen LogP contribution in [0.15, 0.2) is 48.5 Å². The summed E-state index contributed by atoms with van der Waals surface area (Å²) in [4.78, 5) is 24.0. The maximum Gasteiger partial charge on any atom is 0.269 e. The minimum Gasteiger partial charge on any atom is -0.337 e. The molecule has 2 rings (SSSR count). The first-order valence-corrected chi connectivity index (χ1v) is 6.53. The fraction of sp³-hybridized carbons (Fsp3) is 0.188. The summed E-state index contributed by atoms with van der Waals surface area (Å²) in [6.07, 6.45) is 0. The summed E-state index contributed by atoms with van der Waals surface area (Å²) < 4.78 is 0. The van der Waals surface area contributed by atoms with E-state index in [-0.39, 0.29) is 11.6 Å². The molecule has 0 aliphatic heterocycles. The Morgan fingerprint density at radius 1 is 1.10 bits per heavy atom. The fourth-order valence-electron chi connectivity index (χ4n) is 1.99. The number of carbonyl (C=O) groups excluding carboxylic acids is 1. The monoisotopic (exact) mass is 284 g/mol. The van der Waals surface area contributed by atoms with Crippen LogP contribution < -0.4 is 0 Å². The third-order valence-electron chi connectivity index (χ3n) is 3.21. The molecule has 0 spiro atoms. The first-order valence-electron chi connectivity index (χ1n) is 6.53. The van der Waals surface area contributed by atoms with E-state index < -0.39 is 4.92 Å². The summed E-state index contributed by atoms with van der Waals surface area (Å²) in [6.45, 7) is 2.51. The highest BCUT2D eigenvalue weighted by molar-refractivity contribution is 5.94. The van der Waals surface area contributed by atoms with Crippen LogP contribution in [0, 0.1) is 17.0 Å². The third-order valence-corrected chi connectivity index (χ3v) is 3.21. The third kappa shape index (κ3) is 3.66. The minimum absolute atomic E-state index is 0.0206. The number of non-ortho nitro benzene ring substituents is 1. The second-order valence-corrected chi connectivity index (χ2v) is 4.95. The van der Waals surface area contributed by atoms with Gasteiger partial charge in [-0.1, -0.05) is 29.8 Å². The molecule has 0 atom stereocenters. The van der Waals surface area contributed by atoms with Gasteiger partial charge in [0.2, 0.25) is 0 Å². The van der Waals surface area contributed by atoms with Crippen LogP contribution in [0.5, 0.6) is 0 Å². The second-order valence-electron chi connectivity index (χ2n) is 4.95. The summed E-state index contributed by atoms with van der Waals surface area (Å²) in [5.41, 5.74) is 2.63. The van der Waals surface area contributed by atoms with Crippen molar-refractivity contribution in [2.45, 2.75) is 13.5 Å². The predicted molar refractivity (Wildman–Crippen MR) is 80.1 cm³/mol. The molecule has 0 radical (unpaired) electrons. The van der Waals surface area contributed by atoms with Gasteiger partial charge in [0.05, 0.1) is 4.92 Å². The van der Waals surface area contributed by atoms with E-state index in [9.17, 15) is 14.9 Å². The van der Waals surface area contributed by atoms with Crippen molar-refractivity contribution in [3.05, 3.63) is 75.3 Å². The molecule has 5 heteroatoms. The van der Waals surface area contributed by atoms with Gasteiger partial charge in [-0.05, 0) is 24.6 Å². The number of nitro benzene ring substituents is 1. The molecule has 5 nitrogen and oxygen atoms in total. The lowest BCUT2D eigenvalue weighted by molar-refractivity contribution is -0.384. The molecule has 21 heavy (non-hydrogen) atoms. The average molecular weight is 284 g/mol. The van der Waals surface area contributed by atoms with Gasteiger partial charge in [0, 0.05) is 31.3 Å². The number of rotatable bonds is 4. The van der Waals surface area contributed by atoms with Crippen LogP contribution in [0.3, 0.4) is 0 Å². The SMILES string of the molecule is Cc1ccc(CN(C)C(=O)c2ccc([N+](=O)[O-])cc2)cc1. The average Bonchev–Trinajstić information content (AvgIpc) is 2.49. The largest absolute Gasteiger partial charge is 0.337 e. The van der Waals surface area contributed by atoms with Gasteiger partial charge < -0.3 is 4.90 Å². The normalized spacial score (nSPS) is 10.2. The van der Waals surface area contributed by atoms with E-state index in [4.69, 9.17) is 0 Å². The molecule has 0 saturated carbocycles. The molecular weight excluding hydrogens is 268 g/mol. The quantitative estimate of drug-likeness (QED) is 0.640. The van der Waals surface area contributed by atoms with Crippen LogP contribution in [0.25, 0.3) is 0 Å². The Bertz CT molecular complexity index is 648. The number of aryl methyl sites for hydroxylation is 1. The number of hydrogen-bond donors (Lipinski definition) is 0. The highest BCUT2D eigenvalue weighted by atomic mass is 16.6. The highest BCUT2D eigenvalue weighted by Gasteiger charge is 2.13. The molecule has 0 unspecified atom stereocenters. The zero-order valence-corrected chi connectivity index (χ0v) is 11.9. The van der Waals surface area contributed by atoms with E-state index in [1.165, 1.54) is 29.8 Å². The summed E-state index contributed by atoms with van der Waals surface area (Å²) in [5, 5.41) is 10.6. The zero-order valence-electron chi connectivity index (χ0n) is 11.9. The zero-order chi connectivity index (χ0) is 15.4. The van der Waals surface area contributed by atoms with Crippen LogP contribution in [-0.2, 0) is 6.54 Å². The van der Waals surface area contributed by atoms with Gasteiger partial charge in [-0.2, -0.15) is 0 Å². The maximum absolute atomic E-state index is 12.3. The first-order chi connectivity index (χ1) is 9.97. The Morgan fingerprint density at radius 3 is 2.19 bits per heavy atom. The number of amides is 1. The highest BCUT2D eigenvalue weighted by Crippen LogP contribution is 2.14. The molecule has 1 amide bonds. The Morgan fingerprint density at radius 2 is 1.67 bits per heavy atom. The van der Waals surface area contributed by atoms with E-state index in [2.05, 4.69) is 0 Å². The molecule has 2 aromatic rings. The van der Waals surface area contributed by atoms with E-state index >= 15 is 0 Å². The summed E-state index contributed by atoms with van der Waals surface area (Å²) >= 11 is 0. The van der Waals surface area contributed by atoms with Gasteiger partial charge in [0.1, 0.15) is 0 Å². The van der Waals surface area contributed by atoms with E-state index in [1.54, 1.807) is 11.9 Å². The van der Waals surface area contributed by atoms with Gasteiger partial charge in [-0.3, -0.25) is 14.9 Å². The molecule has 108 valence electrons. The van der Waals surface area contributed by atoms with Gasteiger partial charge in [-0.15, -0.1) is 0 Å². The summed E-state index contributed by atoms with van der Waals surface area (Å²) in [5.74, 6) is -0.162. The Labute approximate surface area is 123 Å². The number of hydrogen-bond acceptors (Lipinski definition) is 3. The van der Waals surface area contributed by atoms with Crippen LogP contribution >= 0.6 is 0 Å². The van der Waals surface area contributed by atoms with Crippen molar-refractivity contribution in [2.24, 2.45) is 0 Å². The van der Waals surface area contributed by atoms with E-state index in [0.717, 1.165) is 5.56 Å². The van der Waals surface area contributed by atoms with E-state index in [1.807, 2.05) is 31.2 Å². The molecule has 0 fully saturated rings. The molecule has 2 aromatic carbocycles. The molecule has 0 bridgehead atoms. The van der Waals surface area contributed by atoms with Crippen molar-refractivity contribution < 1.29 is 9.72 Å². The second kappa shape index (κ2) is 6.17. The van der Waals surface area contributed by atoms with Crippen LogP contribution in [0.4, 0.5) is 5.69 Å². The minimum atomic E-state index is -0.482. The van der Waals surface area contributed by atoms with Gasteiger partial charge in [-0.25, -0.2) is 0 Å². The molecular formula is C16H16N2O3. The van der Waals surface area contributed by atoms with Crippen LogP contribution in [-0.4, -0.2) is 22.8 Å². The first kappa shape index (κ1) is 14.7. The number of nitro groups is 1. The van der Waals surface area contributed by atoms with Crippen molar-refractivity contribution in [1.29, 1.82) is 0 Å². The molecule has 0 heterocycles. The lowest BCUT2D eigenvalue weighted by Crippen LogP contribution is -2.26. The summed E-state index contributed by atoms with van der Waals surface area (Å²) in [6, 6.07) is 13.6. The van der Waals surface area contributed by atoms with E-state index in [0.29, 0.717) is 12.1 Å². The van der Waals surface area contributed by atoms with Crippen molar-refractivity contribution >= 4 is 11.6 Å². The fourth-order valence-corrected chi connectivity index (χ4v) is 1.99. The molecule has 0 aliphatic rings. The Hall–Kier alpha value is -2.69. The number of benzene rings is 2. The van der Waals surface area contributed by atoms with Crippen molar-refractivity contribution in [2.75, 3.05) is 7.05 Å². The van der Waals surface area contributed by atoms with Crippen molar-refractivity contribution in [3.8, 4) is 0 Å². The van der Waals surface area contributed by atoms with Gasteiger partial charge in [0.15, 0.2) is 0 Å². The lowest BCUT2D eigenvalue weighted by atomic mass is 10.1. The topological polar surface area (TPSA) is 63.5 Å². The van der Waals surface area contributed by atoms with Crippen LogP contribution in [0.1, 0.15) is 21.5 Å². The predicted octanol–water partition coefficient (Wildman–Crippen LogP) is 3.18. The van der Waals surface area contributed by atoms with Crippen LogP contribution in [0.2, 0.25) is 0 Å². The standard InChI is InChI=1S/C16H16N2O3/c1-12-3-5-13(6-4-12)11-17(2)16(19)14-7-9-15(10-8-14)18(20)21/h3-10H,11H2,1-2H3. The lowest BCUT2D eigenvalue weighted by Gasteiger charge is -2.17. The van der Waals surface area contributed by atoms with Crippen molar-refractivity contribution in [1.82, 2.24) is 4.90 Å². The molecule has 0 aromatic heterocycles. The van der Waals surface area contributed by atoms with Gasteiger partial charge in [0.25, 0.3) is 11.6 Å². The summed E-state index contributed by atoms with van der Waals surface area (Å²) in [7, 11) is 1.71. The Kier molecular flexibility index (Phi) is 4.33. The number of carbonyl (C=O) groups is 1. The van der Waals surface area contributed by atoms with Gasteiger partial charge >= 0.3 is 0 Å². The number of nitrogens with zero attached hydrogens (tertiary/aromatic N) is 2. The maximum atomic E-state index is 12.3. The molecule has 0 N–H and O–H groups in total. The molecule has 0 saturated heterocycles. The smallest absolute Gasteiger partial charge is 0.269 e. The van der Waals surface area contributed by atoms with Crippen molar-refractivity contribution in [3.63, 3.8) is 0 Å². The Balaban J connectivity index is 2.08. The molecule has 0 aliphatic carbocycles.